The SMILES string of the molecule is CCN(CC)C(=O)c1ccc[n+](Cc2ccccc2)c1. The number of carbonyl (C=O) groups is 1. The maximum absolute atomic E-state index is 12.3. The Labute approximate surface area is 120 Å². The average molecular weight is 269 g/mol. The van der Waals surface area contributed by atoms with Gasteiger partial charge in [-0.3, -0.25) is 4.79 Å². The molecule has 0 spiro atoms. The lowest BCUT2D eigenvalue weighted by Gasteiger charge is -2.17. The Kier molecular flexibility index (Phi) is 4.88. The summed E-state index contributed by atoms with van der Waals surface area (Å²) in [5.74, 6) is 0.0948. The van der Waals surface area contributed by atoms with Crippen molar-refractivity contribution in [3.05, 3.63) is 66.0 Å². The standard InChI is InChI=1S/C17H21N2O/c1-3-19(4-2)17(20)16-11-8-12-18(14-16)13-15-9-6-5-7-10-15/h5-12,14H,3-4,13H2,1-2H3/q+1. The number of hydrogen-bond acceptors (Lipinski definition) is 1. The number of benzene rings is 1. The molecule has 0 aliphatic carbocycles. The van der Waals surface area contributed by atoms with Gasteiger partial charge in [0.05, 0.1) is 0 Å². The van der Waals surface area contributed by atoms with Gasteiger partial charge in [0.2, 0.25) is 0 Å². The molecule has 0 bridgehead atoms. The third-order valence-electron chi connectivity index (χ3n) is 3.36. The molecule has 0 atom stereocenters. The molecule has 0 N–H and O–H groups in total. The highest BCUT2D eigenvalue weighted by atomic mass is 16.2. The van der Waals surface area contributed by atoms with Crippen LogP contribution in [0.4, 0.5) is 0 Å². The topological polar surface area (TPSA) is 24.2 Å². The number of aromatic nitrogens is 1. The van der Waals surface area contributed by atoms with E-state index >= 15 is 0 Å². The van der Waals surface area contributed by atoms with Gasteiger partial charge in [-0.25, -0.2) is 0 Å². The van der Waals surface area contributed by atoms with Crippen molar-refractivity contribution in [1.29, 1.82) is 0 Å². The van der Waals surface area contributed by atoms with Crippen LogP contribution in [-0.4, -0.2) is 23.9 Å². The summed E-state index contributed by atoms with van der Waals surface area (Å²) < 4.78 is 2.05. The van der Waals surface area contributed by atoms with Crippen molar-refractivity contribution < 1.29 is 9.36 Å². The molecule has 2 aromatic rings. The Hall–Kier alpha value is -2.16. The lowest BCUT2D eigenvalue weighted by Crippen LogP contribution is -2.37. The molecule has 1 aromatic carbocycles. The fourth-order valence-corrected chi connectivity index (χ4v) is 2.23. The zero-order valence-electron chi connectivity index (χ0n) is 12.1. The van der Waals surface area contributed by atoms with E-state index < -0.39 is 0 Å². The van der Waals surface area contributed by atoms with Crippen LogP contribution in [0, 0.1) is 0 Å². The number of nitrogens with zero attached hydrogens (tertiary/aromatic N) is 2. The molecule has 0 fully saturated rings. The van der Waals surface area contributed by atoms with Gasteiger partial charge in [0.1, 0.15) is 5.56 Å². The quantitative estimate of drug-likeness (QED) is 0.765. The van der Waals surface area contributed by atoms with Crippen LogP contribution >= 0.6 is 0 Å². The van der Waals surface area contributed by atoms with Crippen LogP contribution < -0.4 is 4.57 Å². The molecule has 0 radical (unpaired) electrons. The third kappa shape index (κ3) is 3.44. The first-order valence-corrected chi connectivity index (χ1v) is 7.07. The lowest BCUT2D eigenvalue weighted by molar-refractivity contribution is -0.688. The van der Waals surface area contributed by atoms with Crippen molar-refractivity contribution in [3.8, 4) is 0 Å². The van der Waals surface area contributed by atoms with Gasteiger partial charge in [0, 0.05) is 24.7 Å². The average Bonchev–Trinajstić information content (AvgIpc) is 2.49. The summed E-state index contributed by atoms with van der Waals surface area (Å²) in [7, 11) is 0. The van der Waals surface area contributed by atoms with Crippen molar-refractivity contribution in [1.82, 2.24) is 4.90 Å². The molecule has 104 valence electrons. The highest BCUT2D eigenvalue weighted by molar-refractivity contribution is 5.93. The zero-order valence-corrected chi connectivity index (χ0v) is 12.1. The number of carbonyl (C=O) groups excluding carboxylic acids is 1. The molecule has 3 heteroatoms. The molecule has 0 aliphatic rings. The molecule has 0 aliphatic heterocycles. The van der Waals surface area contributed by atoms with E-state index in [1.54, 1.807) is 0 Å². The van der Waals surface area contributed by atoms with Crippen molar-refractivity contribution in [2.24, 2.45) is 0 Å². The van der Waals surface area contributed by atoms with Gasteiger partial charge in [-0.2, -0.15) is 4.57 Å². The minimum atomic E-state index is 0.0948. The van der Waals surface area contributed by atoms with E-state index in [2.05, 4.69) is 12.1 Å². The number of rotatable bonds is 5. The van der Waals surface area contributed by atoms with Crippen molar-refractivity contribution in [2.75, 3.05) is 13.1 Å². The summed E-state index contributed by atoms with van der Waals surface area (Å²) in [6.07, 6.45) is 3.92. The molecule has 0 saturated carbocycles. The van der Waals surface area contributed by atoms with E-state index in [0.717, 1.165) is 25.2 Å². The smallest absolute Gasteiger partial charge is 0.259 e. The predicted octanol–water partition coefficient (Wildman–Crippen LogP) is 2.50. The van der Waals surface area contributed by atoms with Crippen molar-refractivity contribution in [3.63, 3.8) is 0 Å². The zero-order chi connectivity index (χ0) is 14.4. The minimum Gasteiger partial charge on any atom is -0.339 e. The van der Waals surface area contributed by atoms with Crippen molar-refractivity contribution in [2.45, 2.75) is 20.4 Å². The van der Waals surface area contributed by atoms with Gasteiger partial charge in [-0.15, -0.1) is 0 Å². The van der Waals surface area contributed by atoms with Crippen molar-refractivity contribution >= 4 is 5.91 Å². The van der Waals surface area contributed by atoms with Gasteiger partial charge in [0.15, 0.2) is 18.9 Å². The molecule has 1 amide bonds. The summed E-state index contributed by atoms with van der Waals surface area (Å²) in [6.45, 7) is 6.26. The second kappa shape index (κ2) is 6.85. The third-order valence-corrected chi connectivity index (χ3v) is 3.36. The molecule has 0 saturated heterocycles. The van der Waals surface area contributed by atoms with E-state index in [1.165, 1.54) is 5.56 Å². The Bertz CT molecular complexity index is 562. The molecule has 2 rings (SSSR count). The minimum absolute atomic E-state index is 0.0948. The first-order chi connectivity index (χ1) is 9.74. The Morgan fingerprint density at radius 2 is 1.75 bits per heavy atom. The highest BCUT2D eigenvalue weighted by Gasteiger charge is 2.15. The monoisotopic (exact) mass is 269 g/mol. The highest BCUT2D eigenvalue weighted by Crippen LogP contribution is 2.03. The van der Waals surface area contributed by atoms with E-state index in [9.17, 15) is 4.79 Å². The van der Waals surface area contributed by atoms with Gasteiger partial charge in [-0.1, -0.05) is 30.3 Å². The first kappa shape index (κ1) is 14.3. The Balaban J connectivity index is 2.18. The number of amides is 1. The predicted molar refractivity (Wildman–Crippen MR) is 79.4 cm³/mol. The summed E-state index contributed by atoms with van der Waals surface area (Å²) in [4.78, 5) is 14.2. The molecule has 20 heavy (non-hydrogen) atoms. The van der Waals surface area contributed by atoms with Gasteiger partial charge < -0.3 is 4.90 Å². The van der Waals surface area contributed by atoms with E-state index in [-0.39, 0.29) is 5.91 Å². The van der Waals surface area contributed by atoms with E-state index in [4.69, 9.17) is 0 Å². The number of hydrogen-bond donors (Lipinski definition) is 0. The van der Waals surface area contributed by atoms with E-state index in [0.29, 0.717) is 0 Å². The summed E-state index contributed by atoms with van der Waals surface area (Å²) in [6, 6.07) is 14.1. The largest absolute Gasteiger partial charge is 0.339 e. The maximum atomic E-state index is 12.3. The van der Waals surface area contributed by atoms with Crippen LogP contribution in [-0.2, 0) is 6.54 Å². The second-order valence-corrected chi connectivity index (χ2v) is 4.73. The second-order valence-electron chi connectivity index (χ2n) is 4.73. The van der Waals surface area contributed by atoms with E-state index in [1.807, 2.05) is 66.0 Å². The Morgan fingerprint density at radius 3 is 2.40 bits per heavy atom. The Morgan fingerprint density at radius 1 is 1.05 bits per heavy atom. The molecular weight excluding hydrogens is 248 g/mol. The molecule has 1 heterocycles. The van der Waals surface area contributed by atoms with Gasteiger partial charge in [-0.05, 0) is 19.9 Å². The summed E-state index contributed by atoms with van der Waals surface area (Å²) in [5.41, 5.74) is 1.97. The summed E-state index contributed by atoms with van der Waals surface area (Å²) >= 11 is 0. The fourth-order valence-electron chi connectivity index (χ4n) is 2.23. The number of pyridine rings is 1. The molecule has 1 aromatic heterocycles. The maximum Gasteiger partial charge on any atom is 0.259 e. The van der Waals surface area contributed by atoms with Gasteiger partial charge in [0.25, 0.3) is 5.91 Å². The molecular formula is C17H21N2O+. The van der Waals surface area contributed by atoms with Crippen LogP contribution in [0.5, 0.6) is 0 Å². The fraction of sp³-hybridized carbons (Fsp3) is 0.294. The molecule has 0 unspecified atom stereocenters. The van der Waals surface area contributed by atoms with Crippen LogP contribution in [0.2, 0.25) is 0 Å². The molecule has 3 nitrogen and oxygen atoms in total. The lowest BCUT2D eigenvalue weighted by atomic mass is 10.2. The first-order valence-electron chi connectivity index (χ1n) is 7.07. The van der Waals surface area contributed by atoms with Gasteiger partial charge >= 0.3 is 0 Å². The van der Waals surface area contributed by atoms with Crippen LogP contribution in [0.3, 0.4) is 0 Å². The summed E-state index contributed by atoms with van der Waals surface area (Å²) in [5, 5.41) is 0. The van der Waals surface area contributed by atoms with Crippen LogP contribution in [0.15, 0.2) is 54.9 Å². The van der Waals surface area contributed by atoms with Crippen LogP contribution in [0.1, 0.15) is 29.8 Å². The normalized spacial score (nSPS) is 10.3. The van der Waals surface area contributed by atoms with Crippen LogP contribution in [0.25, 0.3) is 0 Å².